The fourth-order valence-electron chi connectivity index (χ4n) is 4.83. The summed E-state index contributed by atoms with van der Waals surface area (Å²) in [7, 11) is 2.91. The van der Waals surface area contributed by atoms with Crippen LogP contribution in [-0.4, -0.2) is 26.0 Å². The van der Waals surface area contributed by atoms with Crippen LogP contribution in [0, 0.1) is 3.57 Å². The number of fused-ring (bicyclic) bond motifs is 2. The Morgan fingerprint density at radius 3 is 2.43 bits per heavy atom. The van der Waals surface area contributed by atoms with Gasteiger partial charge in [-0.25, -0.2) is 4.79 Å². The van der Waals surface area contributed by atoms with Gasteiger partial charge in [0.05, 0.1) is 29.1 Å². The molecule has 8 heteroatoms. The monoisotopic (exact) mass is 627 g/mol. The van der Waals surface area contributed by atoms with E-state index >= 15 is 0 Å². The van der Waals surface area contributed by atoms with E-state index in [1.807, 2.05) is 61.5 Å². The molecular formula is C29H23ClINO5. The van der Waals surface area contributed by atoms with Crippen LogP contribution in [0.4, 0.5) is 0 Å². The van der Waals surface area contributed by atoms with Gasteiger partial charge < -0.3 is 19.5 Å². The Morgan fingerprint density at radius 2 is 1.76 bits per heavy atom. The molecule has 0 fully saturated rings. The molecule has 5 rings (SSSR count). The second-order valence-corrected chi connectivity index (χ2v) is 10.3. The number of ether oxygens (including phenoxy) is 3. The lowest BCUT2D eigenvalue weighted by molar-refractivity contribution is -0.136. The van der Waals surface area contributed by atoms with Crippen molar-refractivity contribution in [2.24, 2.45) is 0 Å². The quantitative estimate of drug-likeness (QED) is 0.257. The van der Waals surface area contributed by atoms with Gasteiger partial charge in [-0.2, -0.15) is 0 Å². The van der Waals surface area contributed by atoms with Crippen LogP contribution in [0.5, 0.6) is 11.5 Å². The highest BCUT2D eigenvalue weighted by atomic mass is 127. The van der Waals surface area contributed by atoms with Crippen molar-refractivity contribution in [1.29, 1.82) is 0 Å². The molecule has 0 aromatic heterocycles. The topological polar surface area (TPSA) is 73.9 Å². The molecule has 0 amide bonds. The van der Waals surface area contributed by atoms with Crippen molar-refractivity contribution in [3.8, 4) is 11.5 Å². The van der Waals surface area contributed by atoms with E-state index in [1.165, 1.54) is 7.11 Å². The van der Waals surface area contributed by atoms with Gasteiger partial charge in [0, 0.05) is 33.3 Å². The maximum atomic E-state index is 13.6. The number of methoxy groups -OCH3 is 2. The first kappa shape index (κ1) is 25.4. The fraction of sp³-hybridized carbons (Fsp3) is 0.172. The van der Waals surface area contributed by atoms with Crippen LogP contribution >= 0.6 is 34.2 Å². The van der Waals surface area contributed by atoms with Gasteiger partial charge in [0.1, 0.15) is 6.61 Å². The number of benzene rings is 3. The zero-order chi connectivity index (χ0) is 26.3. The van der Waals surface area contributed by atoms with Crippen molar-refractivity contribution in [3.05, 3.63) is 108 Å². The number of allylic oxidation sites excluding steroid dienone is 2. The van der Waals surface area contributed by atoms with Crippen molar-refractivity contribution in [3.63, 3.8) is 0 Å². The van der Waals surface area contributed by atoms with E-state index in [0.29, 0.717) is 51.2 Å². The average Bonchev–Trinajstić information content (AvgIpc) is 3.18. The number of Topliss-reactive ketones (excluding diaryl/α,β-unsaturated/α-hetero) is 1. The Kier molecular flexibility index (Phi) is 7.00. The van der Waals surface area contributed by atoms with Crippen LogP contribution in [0.15, 0.2) is 77.5 Å². The summed E-state index contributed by atoms with van der Waals surface area (Å²) < 4.78 is 17.8. The van der Waals surface area contributed by atoms with Crippen molar-refractivity contribution >= 4 is 51.6 Å². The lowest BCUT2D eigenvalue weighted by Crippen LogP contribution is -2.29. The number of ketones is 1. The summed E-state index contributed by atoms with van der Waals surface area (Å²) in [5.41, 5.74) is 5.36. The molecule has 1 N–H and O–H groups in total. The normalized spacial score (nSPS) is 16.2. The van der Waals surface area contributed by atoms with Crippen molar-refractivity contribution < 1.29 is 23.8 Å². The van der Waals surface area contributed by atoms with E-state index < -0.39 is 11.9 Å². The maximum absolute atomic E-state index is 13.6. The smallest absolute Gasteiger partial charge is 0.336 e. The number of rotatable bonds is 6. The number of dihydropyridines is 1. The molecule has 0 saturated carbocycles. The van der Waals surface area contributed by atoms with E-state index in [4.69, 9.17) is 25.8 Å². The van der Waals surface area contributed by atoms with Crippen LogP contribution in [0.3, 0.4) is 0 Å². The summed E-state index contributed by atoms with van der Waals surface area (Å²) in [6.07, 6.45) is 0. The van der Waals surface area contributed by atoms with Crippen LogP contribution in [0.25, 0.3) is 5.70 Å². The number of hydrogen-bond acceptors (Lipinski definition) is 6. The Morgan fingerprint density at radius 1 is 1.05 bits per heavy atom. The molecule has 1 aliphatic heterocycles. The van der Waals surface area contributed by atoms with Gasteiger partial charge in [-0.15, -0.1) is 0 Å². The molecule has 37 heavy (non-hydrogen) atoms. The molecule has 3 aromatic rings. The first-order chi connectivity index (χ1) is 17.8. The highest BCUT2D eigenvalue weighted by Gasteiger charge is 2.43. The summed E-state index contributed by atoms with van der Waals surface area (Å²) >= 11 is 8.18. The zero-order valence-corrected chi connectivity index (χ0v) is 23.3. The van der Waals surface area contributed by atoms with Crippen molar-refractivity contribution in [1.82, 2.24) is 5.32 Å². The third-order valence-corrected chi connectivity index (χ3v) is 7.59. The molecule has 1 heterocycles. The van der Waals surface area contributed by atoms with Gasteiger partial charge in [-0.05, 0) is 64.9 Å². The van der Waals surface area contributed by atoms with E-state index in [2.05, 4.69) is 27.9 Å². The van der Waals surface area contributed by atoms with Gasteiger partial charge in [-0.3, -0.25) is 4.79 Å². The maximum Gasteiger partial charge on any atom is 0.336 e. The van der Waals surface area contributed by atoms with E-state index in [1.54, 1.807) is 13.2 Å². The molecule has 0 bridgehead atoms. The number of carbonyl (C=O) groups is 2. The van der Waals surface area contributed by atoms with E-state index in [-0.39, 0.29) is 5.78 Å². The molecular weight excluding hydrogens is 605 g/mol. The fourth-order valence-corrected chi connectivity index (χ4v) is 5.73. The molecule has 2 aliphatic rings. The number of nitrogens with one attached hydrogen (secondary N) is 1. The number of esters is 1. The zero-order valence-electron chi connectivity index (χ0n) is 20.4. The molecule has 0 unspecified atom stereocenters. The van der Waals surface area contributed by atoms with Gasteiger partial charge in [0.2, 0.25) is 0 Å². The first-order valence-corrected chi connectivity index (χ1v) is 13.0. The van der Waals surface area contributed by atoms with Crippen LogP contribution in [0.1, 0.15) is 39.9 Å². The summed E-state index contributed by atoms with van der Waals surface area (Å²) in [4.78, 5) is 26.6. The lowest BCUT2D eigenvalue weighted by Gasteiger charge is -2.29. The Labute approximate surface area is 233 Å². The number of halogens is 2. The molecule has 6 nitrogen and oxygen atoms in total. The molecule has 0 spiro atoms. The second kappa shape index (κ2) is 10.2. The van der Waals surface area contributed by atoms with Gasteiger partial charge >= 0.3 is 5.97 Å². The van der Waals surface area contributed by atoms with E-state index in [9.17, 15) is 9.59 Å². The van der Waals surface area contributed by atoms with Gasteiger partial charge in [0.15, 0.2) is 17.3 Å². The molecule has 0 radical (unpaired) electrons. The highest BCUT2D eigenvalue weighted by Crippen LogP contribution is 2.48. The minimum atomic E-state index is -0.642. The summed E-state index contributed by atoms with van der Waals surface area (Å²) in [6.45, 7) is 2.14. The Hall–Kier alpha value is -3.30. The molecule has 3 aromatic carbocycles. The minimum Gasteiger partial charge on any atom is -0.493 e. The van der Waals surface area contributed by atoms with Gasteiger partial charge in [0.25, 0.3) is 0 Å². The molecule has 1 atom stereocenters. The third-order valence-electron chi connectivity index (χ3n) is 6.54. The van der Waals surface area contributed by atoms with E-state index in [0.717, 1.165) is 20.3 Å². The largest absolute Gasteiger partial charge is 0.493 e. The van der Waals surface area contributed by atoms with Crippen molar-refractivity contribution in [2.75, 3.05) is 14.2 Å². The predicted molar refractivity (Wildman–Crippen MR) is 150 cm³/mol. The van der Waals surface area contributed by atoms with Crippen LogP contribution in [-0.2, 0) is 16.1 Å². The lowest BCUT2D eigenvalue weighted by atomic mass is 9.79. The Balaban J connectivity index is 1.60. The highest BCUT2D eigenvalue weighted by molar-refractivity contribution is 14.1. The van der Waals surface area contributed by atoms with Crippen LogP contribution in [0.2, 0.25) is 5.02 Å². The minimum absolute atomic E-state index is 0.117. The Bertz CT molecular complexity index is 1490. The second-order valence-electron chi connectivity index (χ2n) is 8.70. The third kappa shape index (κ3) is 4.51. The molecule has 188 valence electrons. The number of carbonyl (C=O) groups excluding carboxylic acids is 2. The summed E-state index contributed by atoms with van der Waals surface area (Å²) in [5.74, 6) is -0.180. The van der Waals surface area contributed by atoms with Gasteiger partial charge in [-0.1, -0.05) is 48.0 Å². The summed E-state index contributed by atoms with van der Waals surface area (Å²) in [6, 6.07) is 18.6. The molecule has 1 aliphatic carbocycles. The first-order valence-electron chi connectivity index (χ1n) is 11.5. The summed E-state index contributed by atoms with van der Waals surface area (Å²) in [5, 5.41) is 3.95. The SMILES string of the molecule is COC(=O)C1=C(C)NC2=C(C(=O)c3ccccc32)[C@H]1c1cc(I)c(OCc2ccc(Cl)cc2)c(OC)c1. The van der Waals surface area contributed by atoms with Crippen molar-refractivity contribution in [2.45, 2.75) is 19.4 Å². The average molecular weight is 628 g/mol. The van der Waals surface area contributed by atoms with Crippen LogP contribution < -0.4 is 14.8 Å². The standard InChI is InChI=1S/C29H23ClINO5/c1-15-23(29(34)36-3)24(25-26(32-15)19-6-4-5-7-20(19)27(25)33)17-12-21(31)28(22(13-17)35-2)37-14-16-8-10-18(30)11-9-16/h4-13,24,32H,14H2,1-3H3/t24-/m0/s1. The predicted octanol–water partition coefficient (Wildman–Crippen LogP) is 6.27. The number of hydrogen-bond donors (Lipinski definition) is 1. The molecule has 0 saturated heterocycles.